The van der Waals surface area contributed by atoms with E-state index in [2.05, 4.69) is 5.32 Å². The zero-order valence-corrected chi connectivity index (χ0v) is 12.8. The number of carbonyl (C=O) groups excluding carboxylic acids is 1. The van der Waals surface area contributed by atoms with Crippen LogP contribution in [0.1, 0.15) is 31.1 Å². The normalized spacial score (nSPS) is 12.2. The van der Waals surface area contributed by atoms with Crippen LogP contribution >= 0.6 is 0 Å². The van der Waals surface area contributed by atoms with E-state index in [0.717, 1.165) is 5.56 Å². The molecular formula is C16H23N3O2. The van der Waals surface area contributed by atoms with E-state index in [-0.39, 0.29) is 11.8 Å². The summed E-state index contributed by atoms with van der Waals surface area (Å²) in [6, 6.07) is 8.96. The highest BCUT2D eigenvalue weighted by atomic mass is 16.3. The maximum absolute atomic E-state index is 11.4. The van der Waals surface area contributed by atoms with Crippen molar-refractivity contribution >= 4 is 5.91 Å². The van der Waals surface area contributed by atoms with Gasteiger partial charge in [-0.3, -0.25) is 4.79 Å². The van der Waals surface area contributed by atoms with E-state index in [0.29, 0.717) is 25.2 Å². The minimum atomic E-state index is -0.608. The van der Waals surface area contributed by atoms with Crippen LogP contribution in [0.4, 0.5) is 0 Å². The van der Waals surface area contributed by atoms with Crippen molar-refractivity contribution in [2.24, 2.45) is 5.92 Å². The second kappa shape index (κ2) is 8.40. The van der Waals surface area contributed by atoms with Crippen molar-refractivity contribution in [1.82, 2.24) is 10.2 Å². The highest BCUT2D eigenvalue weighted by Crippen LogP contribution is 2.14. The van der Waals surface area contributed by atoms with Gasteiger partial charge in [0.1, 0.15) is 0 Å². The standard InChI is InChI=1S/C16H23N3O2/c1-12(2)16(21)18-8-9-19(3)11-15(20)14-6-4-13(10-17)5-7-14/h4-7,12,15,20H,8-9,11H2,1-3H3,(H,18,21). The average Bonchev–Trinajstić information content (AvgIpc) is 2.46. The summed E-state index contributed by atoms with van der Waals surface area (Å²) >= 11 is 0. The second-order valence-electron chi connectivity index (χ2n) is 5.46. The molecule has 1 aromatic carbocycles. The lowest BCUT2D eigenvalue weighted by molar-refractivity contribution is -0.124. The van der Waals surface area contributed by atoms with Crippen LogP contribution in [-0.2, 0) is 4.79 Å². The number of rotatable bonds is 7. The highest BCUT2D eigenvalue weighted by molar-refractivity contribution is 5.77. The first-order valence-electron chi connectivity index (χ1n) is 7.08. The summed E-state index contributed by atoms with van der Waals surface area (Å²) in [6.07, 6.45) is -0.608. The molecule has 5 heteroatoms. The number of hydrogen-bond donors (Lipinski definition) is 2. The van der Waals surface area contributed by atoms with Crippen LogP contribution in [0.25, 0.3) is 0 Å². The molecule has 0 fully saturated rings. The third kappa shape index (κ3) is 5.94. The van der Waals surface area contributed by atoms with Gasteiger partial charge in [-0.2, -0.15) is 5.26 Å². The molecule has 0 aliphatic rings. The highest BCUT2D eigenvalue weighted by Gasteiger charge is 2.11. The van der Waals surface area contributed by atoms with Crippen molar-refractivity contribution in [3.8, 4) is 6.07 Å². The lowest BCUT2D eigenvalue weighted by Gasteiger charge is -2.21. The Morgan fingerprint density at radius 2 is 2.00 bits per heavy atom. The molecule has 0 radical (unpaired) electrons. The summed E-state index contributed by atoms with van der Waals surface area (Å²) in [5, 5.41) is 21.7. The fourth-order valence-corrected chi connectivity index (χ4v) is 1.85. The number of aliphatic hydroxyl groups is 1. The Bertz CT molecular complexity index is 491. The minimum Gasteiger partial charge on any atom is -0.387 e. The molecule has 0 spiro atoms. The van der Waals surface area contributed by atoms with E-state index < -0.39 is 6.10 Å². The minimum absolute atomic E-state index is 0.0143. The monoisotopic (exact) mass is 289 g/mol. The molecule has 0 saturated heterocycles. The van der Waals surface area contributed by atoms with E-state index >= 15 is 0 Å². The molecule has 0 aliphatic heterocycles. The largest absolute Gasteiger partial charge is 0.387 e. The van der Waals surface area contributed by atoms with Crippen molar-refractivity contribution < 1.29 is 9.90 Å². The smallest absolute Gasteiger partial charge is 0.222 e. The predicted octanol–water partition coefficient (Wildman–Crippen LogP) is 1.30. The molecule has 1 aromatic rings. The van der Waals surface area contributed by atoms with Gasteiger partial charge in [0.2, 0.25) is 5.91 Å². The predicted molar refractivity (Wildman–Crippen MR) is 81.5 cm³/mol. The van der Waals surface area contributed by atoms with Gasteiger partial charge in [-0.25, -0.2) is 0 Å². The molecule has 1 atom stereocenters. The Kier molecular flexibility index (Phi) is 6.86. The molecule has 21 heavy (non-hydrogen) atoms. The van der Waals surface area contributed by atoms with E-state index in [1.54, 1.807) is 24.3 Å². The topological polar surface area (TPSA) is 76.4 Å². The first-order chi connectivity index (χ1) is 9.93. The van der Waals surface area contributed by atoms with Gasteiger partial charge < -0.3 is 15.3 Å². The van der Waals surface area contributed by atoms with Gasteiger partial charge in [-0.15, -0.1) is 0 Å². The van der Waals surface area contributed by atoms with Gasteiger partial charge in [0.15, 0.2) is 0 Å². The molecule has 1 unspecified atom stereocenters. The molecule has 1 rings (SSSR count). The molecule has 0 aromatic heterocycles. The second-order valence-corrected chi connectivity index (χ2v) is 5.46. The maximum atomic E-state index is 11.4. The summed E-state index contributed by atoms with van der Waals surface area (Å²) in [7, 11) is 1.90. The zero-order chi connectivity index (χ0) is 15.8. The van der Waals surface area contributed by atoms with E-state index in [1.807, 2.05) is 31.9 Å². The number of hydrogen-bond acceptors (Lipinski definition) is 4. The van der Waals surface area contributed by atoms with Gasteiger partial charge in [0.25, 0.3) is 0 Å². The Morgan fingerprint density at radius 3 is 2.52 bits per heavy atom. The number of nitrogens with zero attached hydrogens (tertiary/aromatic N) is 2. The van der Waals surface area contributed by atoms with Crippen LogP contribution < -0.4 is 5.32 Å². The van der Waals surface area contributed by atoms with Gasteiger partial charge >= 0.3 is 0 Å². The average molecular weight is 289 g/mol. The Morgan fingerprint density at radius 1 is 1.38 bits per heavy atom. The van der Waals surface area contributed by atoms with Gasteiger partial charge in [0.05, 0.1) is 17.7 Å². The summed E-state index contributed by atoms with van der Waals surface area (Å²) in [5.41, 5.74) is 1.36. The SMILES string of the molecule is CC(C)C(=O)NCCN(C)CC(O)c1ccc(C#N)cc1. The number of carbonyl (C=O) groups is 1. The van der Waals surface area contributed by atoms with Crippen molar-refractivity contribution in [1.29, 1.82) is 5.26 Å². The van der Waals surface area contributed by atoms with Gasteiger partial charge in [-0.1, -0.05) is 26.0 Å². The quantitative estimate of drug-likeness (QED) is 0.793. The van der Waals surface area contributed by atoms with Crippen molar-refractivity contribution in [2.75, 3.05) is 26.7 Å². The van der Waals surface area contributed by atoms with Crippen LogP contribution in [0, 0.1) is 17.2 Å². The van der Waals surface area contributed by atoms with Crippen molar-refractivity contribution in [3.63, 3.8) is 0 Å². The maximum Gasteiger partial charge on any atom is 0.222 e. The lowest BCUT2D eigenvalue weighted by Crippen LogP contribution is -2.36. The van der Waals surface area contributed by atoms with Gasteiger partial charge in [-0.05, 0) is 24.7 Å². The van der Waals surface area contributed by atoms with Gasteiger partial charge in [0, 0.05) is 25.6 Å². The Hall–Kier alpha value is -1.90. The number of aliphatic hydroxyl groups excluding tert-OH is 1. The summed E-state index contributed by atoms with van der Waals surface area (Å²) < 4.78 is 0. The Labute approximate surface area is 126 Å². The molecule has 0 heterocycles. The van der Waals surface area contributed by atoms with Crippen molar-refractivity contribution in [3.05, 3.63) is 35.4 Å². The first-order valence-corrected chi connectivity index (χ1v) is 7.08. The first kappa shape index (κ1) is 17.2. The fraction of sp³-hybridized carbons (Fsp3) is 0.500. The molecule has 2 N–H and O–H groups in total. The molecule has 114 valence electrons. The molecule has 0 saturated carbocycles. The van der Waals surface area contributed by atoms with Crippen LogP contribution in [-0.4, -0.2) is 42.6 Å². The summed E-state index contributed by atoms with van der Waals surface area (Å²) in [5.74, 6) is 0.0237. The molecule has 0 aliphatic carbocycles. The molecule has 0 bridgehead atoms. The van der Waals surface area contributed by atoms with Crippen molar-refractivity contribution in [2.45, 2.75) is 20.0 Å². The lowest BCUT2D eigenvalue weighted by atomic mass is 10.1. The molecule has 5 nitrogen and oxygen atoms in total. The van der Waals surface area contributed by atoms with E-state index in [1.165, 1.54) is 0 Å². The van der Waals surface area contributed by atoms with Crippen LogP contribution in [0.3, 0.4) is 0 Å². The fourth-order valence-electron chi connectivity index (χ4n) is 1.85. The summed E-state index contributed by atoms with van der Waals surface area (Å²) in [4.78, 5) is 13.4. The number of nitrogens with one attached hydrogen (secondary N) is 1. The van der Waals surface area contributed by atoms with Crippen LogP contribution in [0.2, 0.25) is 0 Å². The van der Waals surface area contributed by atoms with E-state index in [4.69, 9.17) is 5.26 Å². The third-order valence-electron chi connectivity index (χ3n) is 3.23. The van der Waals surface area contributed by atoms with Crippen LogP contribution in [0.15, 0.2) is 24.3 Å². The Balaban J connectivity index is 2.38. The molecule has 1 amide bonds. The third-order valence-corrected chi connectivity index (χ3v) is 3.23. The molecular weight excluding hydrogens is 266 g/mol. The zero-order valence-electron chi connectivity index (χ0n) is 12.8. The summed E-state index contributed by atoms with van der Waals surface area (Å²) in [6.45, 7) is 5.42. The number of benzene rings is 1. The number of nitriles is 1. The number of amides is 1. The van der Waals surface area contributed by atoms with Crippen LogP contribution in [0.5, 0.6) is 0 Å². The number of likely N-dealkylation sites (N-methyl/N-ethyl adjacent to an activating group) is 1. The van der Waals surface area contributed by atoms with E-state index in [9.17, 15) is 9.90 Å².